The van der Waals surface area contributed by atoms with E-state index in [4.69, 9.17) is 10.5 Å². The molecule has 8 heteroatoms. The SMILES string of the molecule is CCOC1CC(N)(C(=O)NCCS(=O)(=O)C(C)(C)C)C1(C)C.Cl. The van der Waals surface area contributed by atoms with Gasteiger partial charge in [0.2, 0.25) is 5.91 Å². The highest BCUT2D eigenvalue weighted by Crippen LogP contribution is 2.49. The number of amides is 1. The molecular formula is C15H31ClN2O4S. The molecular weight excluding hydrogens is 340 g/mol. The van der Waals surface area contributed by atoms with Crippen molar-refractivity contribution in [1.82, 2.24) is 5.32 Å². The highest BCUT2D eigenvalue weighted by molar-refractivity contribution is 7.92. The lowest BCUT2D eigenvalue weighted by atomic mass is 9.54. The molecule has 1 aliphatic carbocycles. The Morgan fingerprint density at radius 1 is 1.35 bits per heavy atom. The standard InChI is InChI=1S/C15H30N2O4S.ClH/c1-7-21-11-10-15(16,14(11,5)6)12(18)17-8-9-22(19,20)13(2,3)4;/h11H,7-10,16H2,1-6H3,(H,17,18);1H. The molecule has 0 radical (unpaired) electrons. The largest absolute Gasteiger partial charge is 0.378 e. The summed E-state index contributed by atoms with van der Waals surface area (Å²) in [4.78, 5) is 12.4. The summed E-state index contributed by atoms with van der Waals surface area (Å²) in [5, 5.41) is 2.67. The number of hydrogen-bond acceptors (Lipinski definition) is 5. The molecule has 23 heavy (non-hydrogen) atoms. The molecule has 1 amide bonds. The van der Waals surface area contributed by atoms with E-state index in [2.05, 4.69) is 5.32 Å². The highest BCUT2D eigenvalue weighted by Gasteiger charge is 2.62. The molecule has 1 fully saturated rings. The zero-order valence-electron chi connectivity index (χ0n) is 14.9. The van der Waals surface area contributed by atoms with Gasteiger partial charge in [0.15, 0.2) is 9.84 Å². The molecule has 2 atom stereocenters. The van der Waals surface area contributed by atoms with E-state index in [1.54, 1.807) is 20.8 Å². The second-order valence-electron chi connectivity index (χ2n) is 7.53. The third-order valence-corrected chi connectivity index (χ3v) is 7.43. The van der Waals surface area contributed by atoms with Crippen LogP contribution in [-0.4, -0.2) is 49.6 Å². The Morgan fingerprint density at radius 3 is 2.26 bits per heavy atom. The van der Waals surface area contributed by atoms with Gasteiger partial charge in [0.05, 0.1) is 16.6 Å². The van der Waals surface area contributed by atoms with Crippen molar-refractivity contribution in [1.29, 1.82) is 0 Å². The summed E-state index contributed by atoms with van der Waals surface area (Å²) >= 11 is 0. The minimum atomic E-state index is -3.26. The van der Waals surface area contributed by atoms with Crippen LogP contribution in [0.5, 0.6) is 0 Å². The number of ether oxygens (including phenoxy) is 1. The second-order valence-corrected chi connectivity index (χ2v) is 10.4. The Morgan fingerprint density at radius 2 is 1.87 bits per heavy atom. The van der Waals surface area contributed by atoms with Crippen LogP contribution in [0.3, 0.4) is 0 Å². The number of halogens is 1. The predicted molar refractivity (Wildman–Crippen MR) is 94.5 cm³/mol. The van der Waals surface area contributed by atoms with Crippen molar-refractivity contribution >= 4 is 28.2 Å². The van der Waals surface area contributed by atoms with Crippen molar-refractivity contribution in [3.63, 3.8) is 0 Å². The lowest BCUT2D eigenvalue weighted by molar-refractivity contribution is -0.170. The van der Waals surface area contributed by atoms with Crippen molar-refractivity contribution in [2.45, 2.75) is 64.4 Å². The van der Waals surface area contributed by atoms with Crippen LogP contribution in [0, 0.1) is 5.41 Å². The summed E-state index contributed by atoms with van der Waals surface area (Å²) in [5.41, 5.74) is 4.75. The number of carbonyl (C=O) groups is 1. The maximum absolute atomic E-state index is 12.4. The van der Waals surface area contributed by atoms with Crippen molar-refractivity contribution in [3.05, 3.63) is 0 Å². The molecule has 0 aromatic heterocycles. The summed E-state index contributed by atoms with van der Waals surface area (Å²) in [6.45, 7) is 11.3. The Hall–Kier alpha value is -0.370. The van der Waals surface area contributed by atoms with Crippen molar-refractivity contribution in [2.75, 3.05) is 18.9 Å². The first-order chi connectivity index (χ1) is 9.79. The third-order valence-electron chi connectivity index (χ3n) is 4.82. The van der Waals surface area contributed by atoms with Gasteiger partial charge in [-0.3, -0.25) is 4.79 Å². The Labute approximate surface area is 146 Å². The van der Waals surface area contributed by atoms with E-state index in [1.165, 1.54) is 0 Å². The van der Waals surface area contributed by atoms with Crippen molar-refractivity contribution in [3.8, 4) is 0 Å². The van der Waals surface area contributed by atoms with Crippen LogP contribution < -0.4 is 11.1 Å². The lowest BCUT2D eigenvalue weighted by Gasteiger charge is -2.57. The first kappa shape index (κ1) is 22.6. The minimum Gasteiger partial charge on any atom is -0.378 e. The smallest absolute Gasteiger partial charge is 0.240 e. The van der Waals surface area contributed by atoms with Crippen LogP contribution in [0.2, 0.25) is 0 Å². The molecule has 6 nitrogen and oxygen atoms in total. The number of nitrogens with two attached hydrogens (primary N) is 1. The van der Waals surface area contributed by atoms with Crippen molar-refractivity contribution in [2.24, 2.45) is 11.1 Å². The molecule has 1 rings (SSSR count). The number of rotatable bonds is 6. The molecule has 0 aromatic carbocycles. The molecule has 0 bridgehead atoms. The molecule has 0 heterocycles. The summed E-state index contributed by atoms with van der Waals surface area (Å²) in [6, 6.07) is 0. The summed E-state index contributed by atoms with van der Waals surface area (Å²) in [5.74, 6) is -0.397. The van der Waals surface area contributed by atoms with Gasteiger partial charge in [-0.2, -0.15) is 0 Å². The molecule has 138 valence electrons. The summed E-state index contributed by atoms with van der Waals surface area (Å²) in [6.07, 6.45) is 0.401. The lowest BCUT2D eigenvalue weighted by Crippen LogP contribution is -2.75. The average molecular weight is 371 g/mol. The van der Waals surface area contributed by atoms with Crippen LogP contribution in [0.4, 0.5) is 0 Å². The topological polar surface area (TPSA) is 98.5 Å². The Bertz CT molecular complexity index is 528. The van der Waals surface area contributed by atoms with E-state index in [0.717, 1.165) is 0 Å². The average Bonchev–Trinajstić information content (AvgIpc) is 2.36. The highest BCUT2D eigenvalue weighted by atomic mass is 35.5. The van der Waals surface area contributed by atoms with Gasteiger partial charge in [0.1, 0.15) is 5.54 Å². The normalized spacial score (nSPS) is 26.8. The molecule has 0 spiro atoms. The first-order valence-electron chi connectivity index (χ1n) is 7.70. The second kappa shape index (κ2) is 7.25. The van der Waals surface area contributed by atoms with E-state index in [9.17, 15) is 13.2 Å². The van der Waals surface area contributed by atoms with Crippen LogP contribution in [0.25, 0.3) is 0 Å². The fraction of sp³-hybridized carbons (Fsp3) is 0.933. The fourth-order valence-electron chi connectivity index (χ4n) is 2.58. The van der Waals surface area contributed by atoms with E-state index in [1.807, 2.05) is 20.8 Å². The van der Waals surface area contributed by atoms with Gasteiger partial charge in [-0.1, -0.05) is 13.8 Å². The monoisotopic (exact) mass is 370 g/mol. The molecule has 0 aromatic rings. The van der Waals surface area contributed by atoms with Crippen molar-refractivity contribution < 1.29 is 17.9 Å². The molecule has 1 saturated carbocycles. The van der Waals surface area contributed by atoms with Crippen LogP contribution in [0.15, 0.2) is 0 Å². The molecule has 3 N–H and O–H groups in total. The van der Waals surface area contributed by atoms with Gasteiger partial charge in [-0.15, -0.1) is 12.4 Å². The van der Waals surface area contributed by atoms with Crippen LogP contribution in [0.1, 0.15) is 48.0 Å². The van der Waals surface area contributed by atoms with E-state index in [0.29, 0.717) is 13.0 Å². The summed E-state index contributed by atoms with van der Waals surface area (Å²) in [7, 11) is -3.26. The fourth-order valence-corrected chi connectivity index (χ4v) is 3.57. The molecule has 0 aliphatic heterocycles. The van der Waals surface area contributed by atoms with E-state index in [-0.39, 0.29) is 36.7 Å². The zero-order valence-corrected chi connectivity index (χ0v) is 16.6. The van der Waals surface area contributed by atoms with E-state index >= 15 is 0 Å². The first-order valence-corrected chi connectivity index (χ1v) is 9.36. The molecule has 1 aliphatic rings. The molecule has 2 unspecified atom stereocenters. The maximum Gasteiger partial charge on any atom is 0.240 e. The number of nitrogens with one attached hydrogen (secondary N) is 1. The number of hydrogen-bond donors (Lipinski definition) is 2. The van der Waals surface area contributed by atoms with Gasteiger partial charge in [0, 0.05) is 25.0 Å². The van der Waals surface area contributed by atoms with Gasteiger partial charge in [0.25, 0.3) is 0 Å². The Kier molecular flexibility index (Phi) is 7.13. The number of sulfone groups is 1. The van der Waals surface area contributed by atoms with Gasteiger partial charge in [-0.05, 0) is 27.7 Å². The van der Waals surface area contributed by atoms with Gasteiger partial charge in [-0.25, -0.2) is 8.42 Å². The maximum atomic E-state index is 12.4. The minimum absolute atomic E-state index is 0. The van der Waals surface area contributed by atoms with Gasteiger partial charge >= 0.3 is 0 Å². The van der Waals surface area contributed by atoms with Gasteiger partial charge < -0.3 is 15.8 Å². The predicted octanol–water partition coefficient (Wildman–Crippen LogP) is 1.27. The quantitative estimate of drug-likeness (QED) is 0.733. The van der Waals surface area contributed by atoms with Crippen LogP contribution in [-0.2, 0) is 19.4 Å². The molecule has 0 saturated heterocycles. The van der Waals surface area contributed by atoms with E-state index < -0.39 is 25.5 Å². The van der Waals surface area contributed by atoms with Crippen LogP contribution >= 0.6 is 12.4 Å². The zero-order chi connectivity index (χ0) is 17.4. The Balaban J connectivity index is 0.00000484. The summed E-state index contributed by atoms with van der Waals surface area (Å²) < 4.78 is 28.8. The number of carbonyl (C=O) groups excluding carboxylic acids is 1. The third kappa shape index (κ3) is 4.18.